The van der Waals surface area contributed by atoms with Crippen molar-refractivity contribution in [3.8, 4) is 0 Å². The quantitative estimate of drug-likeness (QED) is 0.856. The van der Waals surface area contributed by atoms with E-state index in [1.807, 2.05) is 0 Å². The molecule has 6 heteroatoms. The van der Waals surface area contributed by atoms with Gasteiger partial charge in [0.1, 0.15) is 5.76 Å². The summed E-state index contributed by atoms with van der Waals surface area (Å²) in [5.74, 6) is 0.633. The summed E-state index contributed by atoms with van der Waals surface area (Å²) in [4.78, 5) is 0. The van der Waals surface area contributed by atoms with Crippen LogP contribution >= 0.6 is 15.9 Å². The fourth-order valence-electron chi connectivity index (χ4n) is 1.67. The first kappa shape index (κ1) is 14.0. The van der Waals surface area contributed by atoms with E-state index >= 15 is 0 Å². The van der Waals surface area contributed by atoms with Crippen LogP contribution in [-0.4, -0.2) is 0 Å². The van der Waals surface area contributed by atoms with Gasteiger partial charge >= 0.3 is 6.18 Å². The molecule has 1 N–H and O–H groups in total. The molecule has 2 aromatic rings. The largest absolute Gasteiger partial charge is 0.466 e. The smallest absolute Gasteiger partial charge is 0.416 e. The Bertz CT molecular complexity index is 578. The van der Waals surface area contributed by atoms with Gasteiger partial charge in [-0.05, 0) is 46.6 Å². The summed E-state index contributed by atoms with van der Waals surface area (Å²) in [5.41, 5.74) is -0.0190. The Morgan fingerprint density at radius 2 is 2.00 bits per heavy atom. The molecule has 0 radical (unpaired) electrons. The minimum absolute atomic E-state index is 0.206. The topological polar surface area (TPSA) is 25.2 Å². The average Bonchev–Trinajstić information content (AvgIpc) is 2.72. The zero-order valence-corrected chi connectivity index (χ0v) is 11.6. The zero-order chi connectivity index (χ0) is 14.0. The van der Waals surface area contributed by atoms with E-state index in [4.69, 9.17) is 4.42 Å². The molecule has 0 aliphatic carbocycles. The maximum Gasteiger partial charge on any atom is 0.416 e. The molecule has 0 aliphatic heterocycles. The van der Waals surface area contributed by atoms with Crippen LogP contribution in [0.1, 0.15) is 16.9 Å². The van der Waals surface area contributed by atoms with Crippen LogP contribution in [0.25, 0.3) is 0 Å². The van der Waals surface area contributed by atoms with Gasteiger partial charge < -0.3 is 9.73 Å². The standard InChI is InChI=1S/C13H11BrF3NO/c1-8-2-3-9(6-10(8)13(15,16)17)18-7-12-11(14)4-5-19-12/h2-6,18H,7H2,1H3. The van der Waals surface area contributed by atoms with Crippen molar-refractivity contribution in [1.29, 1.82) is 0 Å². The first-order chi connectivity index (χ1) is 8.88. The van der Waals surface area contributed by atoms with Crippen molar-refractivity contribution in [3.63, 3.8) is 0 Å². The number of halogens is 4. The molecule has 0 amide bonds. The molecule has 0 spiro atoms. The summed E-state index contributed by atoms with van der Waals surface area (Å²) < 4.78 is 44.2. The molecule has 0 saturated carbocycles. The minimum Gasteiger partial charge on any atom is -0.466 e. The summed E-state index contributed by atoms with van der Waals surface area (Å²) >= 11 is 3.28. The predicted octanol–water partition coefficient (Wildman–Crippen LogP) is 4.98. The van der Waals surface area contributed by atoms with Gasteiger partial charge in [-0.2, -0.15) is 13.2 Å². The van der Waals surface area contributed by atoms with Crippen molar-refractivity contribution in [2.45, 2.75) is 19.6 Å². The van der Waals surface area contributed by atoms with Crippen molar-refractivity contribution in [2.75, 3.05) is 5.32 Å². The first-order valence-corrected chi connectivity index (χ1v) is 6.31. The number of benzene rings is 1. The van der Waals surface area contributed by atoms with Crippen molar-refractivity contribution in [1.82, 2.24) is 0 Å². The number of anilines is 1. The van der Waals surface area contributed by atoms with Gasteiger partial charge in [-0.1, -0.05) is 6.07 Å². The fraction of sp³-hybridized carbons (Fsp3) is 0.231. The van der Waals surface area contributed by atoms with Crippen LogP contribution in [0.15, 0.2) is 39.4 Å². The number of hydrogen-bond acceptors (Lipinski definition) is 2. The zero-order valence-electron chi connectivity index (χ0n) is 10.0. The second kappa shape index (κ2) is 5.28. The van der Waals surface area contributed by atoms with Gasteiger partial charge in [0.15, 0.2) is 0 Å². The SMILES string of the molecule is Cc1ccc(NCc2occc2Br)cc1C(F)(F)F. The molecule has 1 aromatic heterocycles. The lowest BCUT2D eigenvalue weighted by atomic mass is 10.1. The van der Waals surface area contributed by atoms with Crippen LogP contribution in [0, 0.1) is 6.92 Å². The number of alkyl halides is 3. The van der Waals surface area contributed by atoms with E-state index in [2.05, 4.69) is 21.2 Å². The highest BCUT2D eigenvalue weighted by Crippen LogP contribution is 2.33. The van der Waals surface area contributed by atoms with Crippen LogP contribution in [0.2, 0.25) is 0 Å². The third kappa shape index (κ3) is 3.32. The molecule has 0 atom stereocenters. The van der Waals surface area contributed by atoms with Crippen LogP contribution < -0.4 is 5.32 Å². The lowest BCUT2D eigenvalue weighted by Gasteiger charge is -2.13. The highest BCUT2D eigenvalue weighted by atomic mass is 79.9. The molecule has 0 bridgehead atoms. The molecular formula is C13H11BrF3NO. The first-order valence-electron chi connectivity index (χ1n) is 5.51. The van der Waals surface area contributed by atoms with Crippen LogP contribution in [0.3, 0.4) is 0 Å². The predicted molar refractivity (Wildman–Crippen MR) is 69.9 cm³/mol. The maximum absolute atomic E-state index is 12.8. The number of hydrogen-bond donors (Lipinski definition) is 1. The van der Waals surface area contributed by atoms with Crippen LogP contribution in [-0.2, 0) is 12.7 Å². The molecular weight excluding hydrogens is 323 g/mol. The Balaban J connectivity index is 2.16. The van der Waals surface area contributed by atoms with E-state index in [0.29, 0.717) is 18.0 Å². The van der Waals surface area contributed by atoms with Crippen molar-refractivity contribution in [2.24, 2.45) is 0 Å². The third-order valence-electron chi connectivity index (χ3n) is 2.69. The normalized spacial score (nSPS) is 11.6. The Kier molecular flexibility index (Phi) is 3.89. The van der Waals surface area contributed by atoms with Crippen LogP contribution in [0.4, 0.5) is 18.9 Å². The second-order valence-corrected chi connectivity index (χ2v) is 4.93. The lowest BCUT2D eigenvalue weighted by Crippen LogP contribution is -2.08. The molecule has 0 fully saturated rings. The second-order valence-electron chi connectivity index (χ2n) is 4.07. The third-order valence-corrected chi connectivity index (χ3v) is 3.39. The molecule has 1 heterocycles. The summed E-state index contributed by atoms with van der Waals surface area (Å²) in [7, 11) is 0. The molecule has 102 valence electrons. The Hall–Kier alpha value is -1.43. The summed E-state index contributed by atoms with van der Waals surface area (Å²) in [6.45, 7) is 1.75. The molecule has 0 unspecified atom stereocenters. The van der Waals surface area contributed by atoms with Gasteiger partial charge in [-0.3, -0.25) is 0 Å². The van der Waals surface area contributed by atoms with Gasteiger partial charge in [-0.25, -0.2) is 0 Å². The summed E-state index contributed by atoms with van der Waals surface area (Å²) in [5, 5.41) is 2.90. The van der Waals surface area contributed by atoms with Gasteiger partial charge in [0, 0.05) is 5.69 Å². The maximum atomic E-state index is 12.8. The summed E-state index contributed by atoms with van der Waals surface area (Å²) in [6.07, 6.45) is -2.83. The Morgan fingerprint density at radius 3 is 2.58 bits per heavy atom. The number of rotatable bonds is 3. The van der Waals surface area contributed by atoms with E-state index in [-0.39, 0.29) is 5.56 Å². The van der Waals surface area contributed by atoms with E-state index < -0.39 is 11.7 Å². The van der Waals surface area contributed by atoms with E-state index in [1.54, 1.807) is 12.1 Å². The van der Waals surface area contributed by atoms with Gasteiger partial charge in [0.2, 0.25) is 0 Å². The molecule has 0 saturated heterocycles. The van der Waals surface area contributed by atoms with Gasteiger partial charge in [0.25, 0.3) is 0 Å². The van der Waals surface area contributed by atoms with Gasteiger partial charge in [0.05, 0.1) is 22.8 Å². The van der Waals surface area contributed by atoms with Gasteiger partial charge in [-0.15, -0.1) is 0 Å². The van der Waals surface area contributed by atoms with E-state index in [0.717, 1.165) is 10.5 Å². The number of aryl methyl sites for hydroxylation is 1. The van der Waals surface area contributed by atoms with E-state index in [9.17, 15) is 13.2 Å². The van der Waals surface area contributed by atoms with Crippen molar-refractivity contribution >= 4 is 21.6 Å². The van der Waals surface area contributed by atoms with Crippen molar-refractivity contribution < 1.29 is 17.6 Å². The molecule has 0 aliphatic rings. The molecule has 19 heavy (non-hydrogen) atoms. The number of furan rings is 1. The fourth-order valence-corrected chi connectivity index (χ4v) is 2.01. The van der Waals surface area contributed by atoms with Crippen LogP contribution in [0.5, 0.6) is 0 Å². The Morgan fingerprint density at radius 1 is 1.26 bits per heavy atom. The molecule has 2 rings (SSSR count). The monoisotopic (exact) mass is 333 g/mol. The highest BCUT2D eigenvalue weighted by molar-refractivity contribution is 9.10. The minimum atomic E-state index is -4.34. The summed E-state index contributed by atoms with van der Waals surface area (Å²) in [6, 6.07) is 5.89. The molecule has 1 aromatic carbocycles. The van der Waals surface area contributed by atoms with Crippen molar-refractivity contribution in [3.05, 3.63) is 51.9 Å². The Labute approximate surface area is 116 Å². The highest BCUT2D eigenvalue weighted by Gasteiger charge is 2.32. The lowest BCUT2D eigenvalue weighted by molar-refractivity contribution is -0.138. The molecule has 2 nitrogen and oxygen atoms in total. The average molecular weight is 334 g/mol. The number of nitrogens with one attached hydrogen (secondary N) is 1. The van der Waals surface area contributed by atoms with E-state index in [1.165, 1.54) is 19.3 Å².